The molecule has 0 aromatic heterocycles. The highest BCUT2D eigenvalue weighted by Gasteiger charge is 2.23. The van der Waals surface area contributed by atoms with Gasteiger partial charge in [0.25, 0.3) is 5.91 Å². The lowest BCUT2D eigenvalue weighted by Gasteiger charge is -2.29. The van der Waals surface area contributed by atoms with Gasteiger partial charge < -0.3 is 10.1 Å². The van der Waals surface area contributed by atoms with Gasteiger partial charge in [0.15, 0.2) is 6.61 Å². The van der Waals surface area contributed by atoms with Crippen molar-refractivity contribution < 1.29 is 14.3 Å². The summed E-state index contributed by atoms with van der Waals surface area (Å²) in [5, 5.41) is 3.00. The standard InChI is InChI=1S/C19H27NO3/c1-12-9-14(3)18(15(4)10-12)19(22)23-11-17(21)20-16-8-6-5-7-13(16)2/h9-10,13,16H,5-8,11H2,1-4H3,(H,20,21)/t13-,16-/m0/s1. The summed E-state index contributed by atoms with van der Waals surface area (Å²) in [6.07, 6.45) is 4.54. The largest absolute Gasteiger partial charge is 0.452 e. The molecule has 0 unspecified atom stereocenters. The number of amides is 1. The number of carbonyl (C=O) groups excluding carboxylic acids is 2. The molecular formula is C19H27NO3. The molecule has 1 fully saturated rings. The molecule has 0 bridgehead atoms. The van der Waals surface area contributed by atoms with Crippen LogP contribution in [0.4, 0.5) is 0 Å². The van der Waals surface area contributed by atoms with E-state index in [1.165, 1.54) is 6.42 Å². The number of hydrogen-bond acceptors (Lipinski definition) is 3. The number of aryl methyl sites for hydroxylation is 3. The van der Waals surface area contributed by atoms with E-state index in [-0.39, 0.29) is 18.6 Å². The van der Waals surface area contributed by atoms with E-state index in [1.807, 2.05) is 32.9 Å². The van der Waals surface area contributed by atoms with E-state index in [9.17, 15) is 9.59 Å². The summed E-state index contributed by atoms with van der Waals surface area (Å²) in [7, 11) is 0. The number of esters is 1. The number of nitrogens with one attached hydrogen (secondary N) is 1. The van der Waals surface area contributed by atoms with E-state index >= 15 is 0 Å². The summed E-state index contributed by atoms with van der Waals surface area (Å²) in [6.45, 7) is 7.72. The smallest absolute Gasteiger partial charge is 0.339 e. The Morgan fingerprint density at radius 3 is 2.35 bits per heavy atom. The number of ether oxygens (including phenoxy) is 1. The summed E-state index contributed by atoms with van der Waals surface area (Å²) >= 11 is 0. The van der Waals surface area contributed by atoms with Gasteiger partial charge in [0, 0.05) is 6.04 Å². The fraction of sp³-hybridized carbons (Fsp3) is 0.579. The molecular weight excluding hydrogens is 290 g/mol. The van der Waals surface area contributed by atoms with E-state index in [4.69, 9.17) is 4.74 Å². The van der Waals surface area contributed by atoms with Crippen molar-refractivity contribution in [3.63, 3.8) is 0 Å². The van der Waals surface area contributed by atoms with Crippen LogP contribution in [-0.2, 0) is 9.53 Å². The third-order valence-corrected chi connectivity index (χ3v) is 4.67. The van der Waals surface area contributed by atoms with Crippen molar-refractivity contribution in [1.82, 2.24) is 5.32 Å². The van der Waals surface area contributed by atoms with Crippen molar-refractivity contribution in [3.05, 3.63) is 34.4 Å². The average molecular weight is 317 g/mol. The molecule has 1 aromatic carbocycles. The minimum Gasteiger partial charge on any atom is -0.452 e. The van der Waals surface area contributed by atoms with Gasteiger partial charge in [-0.3, -0.25) is 4.79 Å². The Morgan fingerprint density at radius 2 is 1.74 bits per heavy atom. The van der Waals surface area contributed by atoms with Crippen LogP contribution in [0.1, 0.15) is 59.7 Å². The first kappa shape index (κ1) is 17.5. The number of benzene rings is 1. The van der Waals surface area contributed by atoms with Gasteiger partial charge >= 0.3 is 5.97 Å². The van der Waals surface area contributed by atoms with Crippen molar-refractivity contribution in [1.29, 1.82) is 0 Å². The molecule has 4 heteroatoms. The first-order valence-corrected chi connectivity index (χ1v) is 8.43. The molecule has 1 amide bonds. The van der Waals surface area contributed by atoms with Crippen LogP contribution >= 0.6 is 0 Å². The summed E-state index contributed by atoms with van der Waals surface area (Å²) in [4.78, 5) is 24.3. The van der Waals surface area contributed by atoms with Gasteiger partial charge in [-0.15, -0.1) is 0 Å². The molecule has 0 spiro atoms. The number of carbonyl (C=O) groups is 2. The van der Waals surface area contributed by atoms with Crippen LogP contribution in [0, 0.1) is 26.7 Å². The molecule has 126 valence electrons. The zero-order valence-corrected chi connectivity index (χ0v) is 14.6. The van der Waals surface area contributed by atoms with E-state index in [1.54, 1.807) is 0 Å². The molecule has 1 N–H and O–H groups in total. The van der Waals surface area contributed by atoms with Gasteiger partial charge in [0.05, 0.1) is 5.56 Å². The second-order valence-corrected chi connectivity index (χ2v) is 6.79. The number of hydrogen-bond donors (Lipinski definition) is 1. The summed E-state index contributed by atoms with van der Waals surface area (Å²) in [5.41, 5.74) is 3.44. The normalized spacial score (nSPS) is 20.9. The monoisotopic (exact) mass is 317 g/mol. The summed E-state index contributed by atoms with van der Waals surface area (Å²) in [5.74, 6) is -0.142. The fourth-order valence-corrected chi connectivity index (χ4v) is 3.48. The van der Waals surface area contributed by atoms with Crippen molar-refractivity contribution in [2.45, 2.75) is 59.4 Å². The van der Waals surface area contributed by atoms with Gasteiger partial charge in [-0.25, -0.2) is 4.79 Å². The van der Waals surface area contributed by atoms with E-state index < -0.39 is 5.97 Å². The minimum atomic E-state index is -0.424. The van der Waals surface area contributed by atoms with Gasteiger partial charge in [0.1, 0.15) is 0 Å². The maximum atomic E-state index is 12.3. The maximum absolute atomic E-state index is 12.3. The lowest BCUT2D eigenvalue weighted by molar-refractivity contribution is -0.125. The molecule has 0 heterocycles. The first-order valence-electron chi connectivity index (χ1n) is 8.43. The fourth-order valence-electron chi connectivity index (χ4n) is 3.48. The Labute approximate surface area is 138 Å². The third kappa shape index (κ3) is 4.57. The van der Waals surface area contributed by atoms with Crippen LogP contribution in [0.25, 0.3) is 0 Å². The summed E-state index contributed by atoms with van der Waals surface area (Å²) < 4.78 is 5.22. The lowest BCUT2D eigenvalue weighted by Crippen LogP contribution is -2.42. The highest BCUT2D eigenvalue weighted by Crippen LogP contribution is 2.23. The Balaban J connectivity index is 1.90. The number of rotatable bonds is 4. The first-order chi connectivity index (χ1) is 10.9. The molecule has 0 radical (unpaired) electrons. The van der Waals surface area contributed by atoms with Gasteiger partial charge in [-0.05, 0) is 50.7 Å². The van der Waals surface area contributed by atoms with E-state index in [2.05, 4.69) is 12.2 Å². The zero-order chi connectivity index (χ0) is 17.0. The van der Waals surface area contributed by atoms with E-state index in [0.717, 1.165) is 36.0 Å². The van der Waals surface area contributed by atoms with Gasteiger partial charge in [0.2, 0.25) is 0 Å². The lowest BCUT2D eigenvalue weighted by atomic mass is 9.86. The summed E-state index contributed by atoms with van der Waals surface area (Å²) in [6, 6.07) is 4.11. The maximum Gasteiger partial charge on any atom is 0.339 e. The Kier molecular flexibility index (Phi) is 5.80. The third-order valence-electron chi connectivity index (χ3n) is 4.67. The van der Waals surface area contributed by atoms with Crippen LogP contribution in [0.5, 0.6) is 0 Å². The second-order valence-electron chi connectivity index (χ2n) is 6.79. The minimum absolute atomic E-state index is 0.206. The van der Waals surface area contributed by atoms with Crippen LogP contribution in [0.3, 0.4) is 0 Å². The molecule has 1 aliphatic rings. The van der Waals surface area contributed by atoms with Crippen LogP contribution in [0.2, 0.25) is 0 Å². The average Bonchev–Trinajstić information content (AvgIpc) is 2.46. The van der Waals surface area contributed by atoms with Gasteiger partial charge in [-0.1, -0.05) is 37.5 Å². The van der Waals surface area contributed by atoms with Crippen molar-refractivity contribution in [3.8, 4) is 0 Å². The molecule has 1 aromatic rings. The quantitative estimate of drug-likeness (QED) is 0.865. The predicted octanol–water partition coefficient (Wildman–Crippen LogP) is 3.46. The molecule has 1 aliphatic carbocycles. The molecule has 2 atom stereocenters. The molecule has 23 heavy (non-hydrogen) atoms. The topological polar surface area (TPSA) is 55.4 Å². The van der Waals surface area contributed by atoms with Gasteiger partial charge in [-0.2, -0.15) is 0 Å². The molecule has 0 aliphatic heterocycles. The Bertz CT molecular complexity index is 571. The molecule has 0 saturated heterocycles. The van der Waals surface area contributed by atoms with Crippen molar-refractivity contribution in [2.75, 3.05) is 6.61 Å². The Hall–Kier alpha value is -1.84. The van der Waals surface area contributed by atoms with Crippen LogP contribution in [-0.4, -0.2) is 24.5 Å². The second kappa shape index (κ2) is 7.62. The van der Waals surface area contributed by atoms with Crippen molar-refractivity contribution >= 4 is 11.9 Å². The van der Waals surface area contributed by atoms with Crippen LogP contribution < -0.4 is 5.32 Å². The highest BCUT2D eigenvalue weighted by molar-refractivity contribution is 5.94. The molecule has 2 rings (SSSR count). The molecule has 1 saturated carbocycles. The molecule has 4 nitrogen and oxygen atoms in total. The van der Waals surface area contributed by atoms with Crippen LogP contribution in [0.15, 0.2) is 12.1 Å². The highest BCUT2D eigenvalue weighted by atomic mass is 16.5. The Morgan fingerprint density at radius 1 is 1.13 bits per heavy atom. The zero-order valence-electron chi connectivity index (χ0n) is 14.6. The SMILES string of the molecule is Cc1cc(C)c(C(=O)OCC(=O)N[C@H]2CCCC[C@@H]2C)c(C)c1. The predicted molar refractivity (Wildman–Crippen MR) is 90.5 cm³/mol. The van der Waals surface area contributed by atoms with E-state index in [0.29, 0.717) is 11.5 Å². The van der Waals surface area contributed by atoms with Crippen molar-refractivity contribution in [2.24, 2.45) is 5.92 Å².